The minimum absolute atomic E-state index is 0.0146. The molecule has 1 unspecified atom stereocenters. The highest BCUT2D eigenvalue weighted by molar-refractivity contribution is 7.91. The Bertz CT molecular complexity index is 1090. The van der Waals surface area contributed by atoms with Crippen LogP contribution in [0.4, 0.5) is 5.69 Å². The van der Waals surface area contributed by atoms with Gasteiger partial charge in [0.15, 0.2) is 16.4 Å². The van der Waals surface area contributed by atoms with Crippen LogP contribution < -0.4 is 14.4 Å². The number of hydrogen-bond donors (Lipinski definition) is 0. The molecule has 2 aliphatic rings. The Kier molecular flexibility index (Phi) is 6.32. The van der Waals surface area contributed by atoms with Gasteiger partial charge in [0.2, 0.25) is 0 Å². The minimum Gasteiger partial charge on any atom is -0.497 e. The van der Waals surface area contributed by atoms with E-state index in [2.05, 4.69) is 10.00 Å². The van der Waals surface area contributed by atoms with Crippen LogP contribution in [-0.4, -0.2) is 80.4 Å². The molecule has 9 nitrogen and oxygen atoms in total. The van der Waals surface area contributed by atoms with Gasteiger partial charge < -0.3 is 19.3 Å². The summed E-state index contributed by atoms with van der Waals surface area (Å²) in [6.07, 6.45) is 0.610. The van der Waals surface area contributed by atoms with E-state index >= 15 is 0 Å². The van der Waals surface area contributed by atoms with Crippen molar-refractivity contribution in [1.82, 2.24) is 14.7 Å². The number of nitrogens with zero attached hydrogens (tertiary/aromatic N) is 4. The highest BCUT2D eigenvalue weighted by Crippen LogP contribution is 2.31. The van der Waals surface area contributed by atoms with Crippen LogP contribution in [0.3, 0.4) is 0 Å². The van der Waals surface area contributed by atoms with Crippen molar-refractivity contribution in [2.24, 2.45) is 0 Å². The summed E-state index contributed by atoms with van der Waals surface area (Å²) in [5.74, 6) is 1.62. The molecule has 0 aliphatic carbocycles. The molecule has 0 spiro atoms. The van der Waals surface area contributed by atoms with Crippen LogP contribution in [0.25, 0.3) is 0 Å². The van der Waals surface area contributed by atoms with Gasteiger partial charge in [0, 0.05) is 32.2 Å². The number of sulfone groups is 1. The monoisotopic (exact) mass is 462 g/mol. The molecule has 0 bridgehead atoms. The largest absolute Gasteiger partial charge is 0.497 e. The number of benzene rings is 1. The van der Waals surface area contributed by atoms with E-state index in [0.29, 0.717) is 44.1 Å². The van der Waals surface area contributed by atoms with Gasteiger partial charge in [-0.3, -0.25) is 9.48 Å². The first-order chi connectivity index (χ1) is 15.3. The molecular weight excluding hydrogens is 432 g/mol. The summed E-state index contributed by atoms with van der Waals surface area (Å²) in [6.45, 7) is 6.54. The first kappa shape index (κ1) is 22.4. The third-order valence-electron chi connectivity index (χ3n) is 6.19. The standard InChI is InChI=1S/C22H30N4O5S/c1-16-22(17(2)26(23-16)18-7-12-32(28,29)15-18)25-10-8-24(9-11-25)21(27)14-31-20-6-4-5-19(13-20)30-3/h4-6,13,18H,7-12,14-15H2,1-3H3. The van der Waals surface area contributed by atoms with Gasteiger partial charge in [-0.15, -0.1) is 0 Å². The predicted octanol–water partition coefficient (Wildman–Crippen LogP) is 1.60. The van der Waals surface area contributed by atoms with Crippen molar-refractivity contribution in [3.63, 3.8) is 0 Å². The van der Waals surface area contributed by atoms with Gasteiger partial charge in [-0.05, 0) is 32.4 Å². The van der Waals surface area contributed by atoms with Crippen molar-refractivity contribution < 1.29 is 22.7 Å². The number of anilines is 1. The molecule has 174 valence electrons. The van der Waals surface area contributed by atoms with E-state index in [1.165, 1.54) is 0 Å². The van der Waals surface area contributed by atoms with Gasteiger partial charge >= 0.3 is 0 Å². The fourth-order valence-electron chi connectivity index (χ4n) is 4.54. The average molecular weight is 463 g/mol. The van der Waals surface area contributed by atoms with Gasteiger partial charge in [-0.1, -0.05) is 6.07 Å². The van der Waals surface area contributed by atoms with E-state index in [-0.39, 0.29) is 30.1 Å². The number of aromatic nitrogens is 2. The molecular formula is C22H30N4O5S. The molecule has 32 heavy (non-hydrogen) atoms. The number of hydrogen-bond acceptors (Lipinski definition) is 7. The molecule has 1 aromatic heterocycles. The maximum atomic E-state index is 12.6. The number of piperazine rings is 1. The van der Waals surface area contributed by atoms with E-state index < -0.39 is 9.84 Å². The molecule has 10 heteroatoms. The minimum atomic E-state index is -2.97. The lowest BCUT2D eigenvalue weighted by Crippen LogP contribution is -2.50. The van der Waals surface area contributed by atoms with E-state index in [4.69, 9.17) is 9.47 Å². The molecule has 2 saturated heterocycles. The van der Waals surface area contributed by atoms with E-state index in [0.717, 1.165) is 17.1 Å². The molecule has 1 amide bonds. The summed E-state index contributed by atoms with van der Waals surface area (Å²) in [7, 11) is -1.38. The van der Waals surface area contributed by atoms with Crippen molar-refractivity contribution in [1.29, 1.82) is 0 Å². The van der Waals surface area contributed by atoms with Crippen LogP contribution in [-0.2, 0) is 14.6 Å². The van der Waals surface area contributed by atoms with Crippen molar-refractivity contribution in [2.45, 2.75) is 26.3 Å². The number of carbonyl (C=O) groups excluding carboxylic acids is 1. The summed E-state index contributed by atoms with van der Waals surface area (Å²) < 4.78 is 36.5. The van der Waals surface area contributed by atoms with Crippen molar-refractivity contribution >= 4 is 21.4 Å². The van der Waals surface area contributed by atoms with E-state index in [1.54, 1.807) is 19.2 Å². The molecule has 2 aliphatic heterocycles. The van der Waals surface area contributed by atoms with Crippen molar-refractivity contribution in [3.8, 4) is 11.5 Å². The Morgan fingerprint density at radius 1 is 1.16 bits per heavy atom. The molecule has 0 N–H and O–H groups in total. The fraction of sp³-hybridized carbons (Fsp3) is 0.545. The fourth-order valence-corrected chi connectivity index (χ4v) is 6.23. The second-order valence-corrected chi connectivity index (χ2v) is 10.6. The molecule has 0 saturated carbocycles. The number of aryl methyl sites for hydroxylation is 1. The highest BCUT2D eigenvalue weighted by atomic mass is 32.2. The molecule has 4 rings (SSSR count). The summed E-state index contributed by atoms with van der Waals surface area (Å²) in [5, 5.41) is 4.66. The zero-order valence-electron chi connectivity index (χ0n) is 18.8. The summed E-state index contributed by atoms with van der Waals surface area (Å²) in [4.78, 5) is 16.7. The molecule has 3 heterocycles. The Balaban J connectivity index is 1.35. The zero-order valence-corrected chi connectivity index (χ0v) is 19.6. The SMILES string of the molecule is COc1cccc(OCC(=O)N2CCN(c3c(C)nn(C4CCS(=O)(=O)C4)c3C)CC2)c1. The Morgan fingerprint density at radius 2 is 1.88 bits per heavy atom. The normalized spacial score (nSPS) is 20.4. The summed E-state index contributed by atoms with van der Waals surface area (Å²) in [5.41, 5.74) is 2.94. The van der Waals surface area contributed by atoms with Crippen molar-refractivity contribution in [2.75, 3.05) is 56.3 Å². The van der Waals surface area contributed by atoms with Gasteiger partial charge in [-0.25, -0.2) is 8.42 Å². The van der Waals surface area contributed by atoms with E-state index in [9.17, 15) is 13.2 Å². The third kappa shape index (κ3) is 4.69. The quantitative estimate of drug-likeness (QED) is 0.644. The van der Waals surface area contributed by atoms with Crippen LogP contribution in [0.2, 0.25) is 0 Å². The van der Waals surface area contributed by atoms with Crippen molar-refractivity contribution in [3.05, 3.63) is 35.7 Å². The molecule has 1 atom stereocenters. The number of methoxy groups -OCH3 is 1. The van der Waals surface area contributed by atoms with Crippen LogP contribution in [0.1, 0.15) is 23.9 Å². The van der Waals surface area contributed by atoms with E-state index in [1.807, 2.05) is 35.6 Å². The number of amides is 1. The van der Waals surface area contributed by atoms with Gasteiger partial charge in [0.1, 0.15) is 11.5 Å². The van der Waals surface area contributed by atoms with Gasteiger partial charge in [0.05, 0.1) is 41.7 Å². The van der Waals surface area contributed by atoms with Crippen LogP contribution in [0.5, 0.6) is 11.5 Å². The Labute approximate surface area is 188 Å². The first-order valence-electron chi connectivity index (χ1n) is 10.8. The number of rotatable bonds is 6. The smallest absolute Gasteiger partial charge is 0.260 e. The maximum absolute atomic E-state index is 12.6. The highest BCUT2D eigenvalue weighted by Gasteiger charge is 2.33. The number of carbonyl (C=O) groups is 1. The average Bonchev–Trinajstić information content (AvgIpc) is 3.30. The lowest BCUT2D eigenvalue weighted by Gasteiger charge is -2.36. The molecule has 1 aromatic carbocycles. The topological polar surface area (TPSA) is 94.0 Å². The maximum Gasteiger partial charge on any atom is 0.260 e. The Morgan fingerprint density at radius 3 is 2.53 bits per heavy atom. The molecule has 2 fully saturated rings. The lowest BCUT2D eigenvalue weighted by atomic mass is 10.2. The van der Waals surface area contributed by atoms with Crippen LogP contribution in [0, 0.1) is 13.8 Å². The predicted molar refractivity (Wildman–Crippen MR) is 121 cm³/mol. The zero-order chi connectivity index (χ0) is 22.9. The summed E-state index contributed by atoms with van der Waals surface area (Å²) >= 11 is 0. The Hall–Kier alpha value is -2.75. The van der Waals surface area contributed by atoms with Crippen LogP contribution in [0.15, 0.2) is 24.3 Å². The second kappa shape index (κ2) is 9.01. The van der Waals surface area contributed by atoms with Gasteiger partial charge in [0.25, 0.3) is 5.91 Å². The summed E-state index contributed by atoms with van der Waals surface area (Å²) in [6, 6.07) is 7.11. The first-order valence-corrected chi connectivity index (χ1v) is 12.7. The lowest BCUT2D eigenvalue weighted by molar-refractivity contribution is -0.133. The third-order valence-corrected chi connectivity index (χ3v) is 7.94. The second-order valence-electron chi connectivity index (χ2n) is 8.36. The number of ether oxygens (including phenoxy) is 2. The van der Waals surface area contributed by atoms with Gasteiger partial charge in [-0.2, -0.15) is 5.10 Å². The molecule has 2 aromatic rings. The molecule has 0 radical (unpaired) electrons. The van der Waals surface area contributed by atoms with Crippen LogP contribution >= 0.6 is 0 Å².